The van der Waals surface area contributed by atoms with Gasteiger partial charge in [0.25, 0.3) is 0 Å². The van der Waals surface area contributed by atoms with Crippen LogP contribution in [0.1, 0.15) is 44.2 Å². The summed E-state index contributed by atoms with van der Waals surface area (Å²) in [7, 11) is 0. The number of allylic oxidation sites excluding steroid dienone is 2. The molecule has 140 valence electrons. The Kier molecular flexibility index (Phi) is 5.80. The molecule has 2 aromatic rings. The molecule has 1 fully saturated rings. The molecule has 4 N–H and O–H groups in total. The molecule has 3 rings (SSSR count). The standard InChI is InChI=1S/C24H28N2O/c1-16(2)11-19-14-20(12-17-3-7-22(25)8-4-17)24(27)21(15-19)13-18-5-9-23(26)10-6-18/h3-10,12-13,16,19H,11,14-15,25-26H2,1-2H3. The fourth-order valence-corrected chi connectivity index (χ4v) is 3.75. The summed E-state index contributed by atoms with van der Waals surface area (Å²) in [6.45, 7) is 4.48. The summed E-state index contributed by atoms with van der Waals surface area (Å²) >= 11 is 0. The molecule has 0 saturated heterocycles. The van der Waals surface area contributed by atoms with Crippen LogP contribution in [0, 0.1) is 11.8 Å². The monoisotopic (exact) mass is 360 g/mol. The van der Waals surface area contributed by atoms with Gasteiger partial charge < -0.3 is 11.5 Å². The summed E-state index contributed by atoms with van der Waals surface area (Å²) in [6.07, 6.45) is 6.82. The highest BCUT2D eigenvalue weighted by molar-refractivity contribution is 6.14. The van der Waals surface area contributed by atoms with Gasteiger partial charge in [-0.2, -0.15) is 0 Å². The number of hydrogen-bond acceptors (Lipinski definition) is 3. The van der Waals surface area contributed by atoms with E-state index in [4.69, 9.17) is 11.5 Å². The van der Waals surface area contributed by atoms with Crippen molar-refractivity contribution >= 4 is 29.3 Å². The van der Waals surface area contributed by atoms with Gasteiger partial charge in [-0.05, 0) is 78.6 Å². The van der Waals surface area contributed by atoms with E-state index in [2.05, 4.69) is 13.8 Å². The van der Waals surface area contributed by atoms with Gasteiger partial charge in [-0.1, -0.05) is 38.1 Å². The first kappa shape index (κ1) is 19.0. The number of nitrogens with two attached hydrogens (primary N) is 2. The van der Waals surface area contributed by atoms with Gasteiger partial charge in [-0.15, -0.1) is 0 Å². The van der Waals surface area contributed by atoms with Crippen molar-refractivity contribution in [3.63, 3.8) is 0 Å². The SMILES string of the molecule is CC(C)CC1CC(=Cc2ccc(N)cc2)C(=O)C(=Cc2ccc(N)cc2)C1. The number of ketones is 1. The highest BCUT2D eigenvalue weighted by Crippen LogP contribution is 2.35. The van der Waals surface area contributed by atoms with Crippen LogP contribution in [0.5, 0.6) is 0 Å². The molecule has 0 unspecified atom stereocenters. The van der Waals surface area contributed by atoms with Crippen LogP contribution in [-0.2, 0) is 4.79 Å². The van der Waals surface area contributed by atoms with Crippen LogP contribution < -0.4 is 11.5 Å². The van der Waals surface area contributed by atoms with Gasteiger partial charge in [0, 0.05) is 22.5 Å². The fraction of sp³-hybridized carbons (Fsp3) is 0.292. The molecule has 1 aliphatic rings. The molecule has 3 heteroatoms. The summed E-state index contributed by atoms with van der Waals surface area (Å²) in [6, 6.07) is 15.3. The molecule has 0 radical (unpaired) electrons. The van der Waals surface area contributed by atoms with Gasteiger partial charge in [-0.25, -0.2) is 0 Å². The maximum atomic E-state index is 13.1. The molecular weight excluding hydrogens is 332 g/mol. The Hall–Kier alpha value is -2.81. The van der Waals surface area contributed by atoms with Crippen molar-refractivity contribution in [1.29, 1.82) is 0 Å². The lowest BCUT2D eigenvalue weighted by Gasteiger charge is -2.27. The quantitative estimate of drug-likeness (QED) is 0.571. The van der Waals surface area contributed by atoms with E-state index >= 15 is 0 Å². The lowest BCUT2D eigenvalue weighted by atomic mass is 9.76. The molecule has 0 heterocycles. The fourth-order valence-electron chi connectivity index (χ4n) is 3.75. The first-order valence-electron chi connectivity index (χ1n) is 9.57. The van der Waals surface area contributed by atoms with Gasteiger partial charge in [0.05, 0.1) is 0 Å². The third kappa shape index (κ3) is 5.10. The summed E-state index contributed by atoms with van der Waals surface area (Å²) in [4.78, 5) is 13.1. The van der Waals surface area contributed by atoms with Gasteiger partial charge in [0.2, 0.25) is 0 Å². The lowest BCUT2D eigenvalue weighted by molar-refractivity contribution is -0.113. The second-order valence-electron chi connectivity index (χ2n) is 7.91. The van der Waals surface area contributed by atoms with Crippen LogP contribution in [0.2, 0.25) is 0 Å². The Morgan fingerprint density at radius 2 is 1.26 bits per heavy atom. The van der Waals surface area contributed by atoms with E-state index in [0.717, 1.165) is 52.9 Å². The lowest BCUT2D eigenvalue weighted by Crippen LogP contribution is -2.21. The number of benzene rings is 2. The zero-order valence-electron chi connectivity index (χ0n) is 16.1. The average Bonchev–Trinajstić information content (AvgIpc) is 2.62. The van der Waals surface area contributed by atoms with Crippen molar-refractivity contribution in [1.82, 2.24) is 0 Å². The van der Waals surface area contributed by atoms with Crippen LogP contribution in [0.4, 0.5) is 11.4 Å². The number of rotatable bonds is 4. The molecule has 0 amide bonds. The summed E-state index contributed by atoms with van der Waals surface area (Å²) in [5.74, 6) is 1.25. The molecule has 3 nitrogen and oxygen atoms in total. The highest BCUT2D eigenvalue weighted by Gasteiger charge is 2.28. The van der Waals surface area contributed by atoms with Crippen LogP contribution in [0.15, 0.2) is 59.7 Å². The molecule has 2 aromatic carbocycles. The topological polar surface area (TPSA) is 69.1 Å². The van der Waals surface area contributed by atoms with Gasteiger partial charge in [0.15, 0.2) is 5.78 Å². The number of nitrogen functional groups attached to an aromatic ring is 2. The summed E-state index contributed by atoms with van der Waals surface area (Å²) in [5.41, 5.74) is 16.8. The number of hydrogen-bond donors (Lipinski definition) is 2. The highest BCUT2D eigenvalue weighted by atomic mass is 16.1. The van der Waals surface area contributed by atoms with E-state index in [1.54, 1.807) is 0 Å². The minimum Gasteiger partial charge on any atom is -0.399 e. The van der Waals surface area contributed by atoms with Gasteiger partial charge in [0.1, 0.15) is 0 Å². The first-order chi connectivity index (χ1) is 12.9. The summed E-state index contributed by atoms with van der Waals surface area (Å²) < 4.78 is 0. The number of Topliss-reactive ketones (excluding diaryl/α,β-unsaturated/α-hetero) is 1. The van der Waals surface area contributed by atoms with Crippen molar-refractivity contribution in [3.05, 3.63) is 70.8 Å². The maximum absolute atomic E-state index is 13.1. The first-order valence-corrected chi connectivity index (χ1v) is 9.57. The van der Waals surface area contributed by atoms with Crippen molar-refractivity contribution < 1.29 is 4.79 Å². The van der Waals surface area contributed by atoms with E-state index < -0.39 is 0 Å². The van der Waals surface area contributed by atoms with E-state index in [9.17, 15) is 4.79 Å². The molecule has 1 aliphatic carbocycles. The maximum Gasteiger partial charge on any atom is 0.185 e. The predicted molar refractivity (Wildman–Crippen MR) is 115 cm³/mol. The van der Waals surface area contributed by atoms with Gasteiger partial charge >= 0.3 is 0 Å². The molecule has 1 saturated carbocycles. The van der Waals surface area contributed by atoms with Crippen LogP contribution in [-0.4, -0.2) is 5.78 Å². The minimum absolute atomic E-state index is 0.156. The Labute approximate surface area is 161 Å². The third-order valence-electron chi connectivity index (χ3n) is 4.96. The smallest absolute Gasteiger partial charge is 0.185 e. The molecule has 0 aliphatic heterocycles. The normalized spacial score (nSPS) is 20.6. The average molecular weight is 361 g/mol. The zero-order chi connectivity index (χ0) is 19.4. The van der Waals surface area contributed by atoms with Crippen LogP contribution in [0.3, 0.4) is 0 Å². The second-order valence-corrected chi connectivity index (χ2v) is 7.91. The summed E-state index contributed by atoms with van der Waals surface area (Å²) in [5, 5.41) is 0. The molecule has 0 aromatic heterocycles. The Bertz CT molecular complexity index is 791. The minimum atomic E-state index is 0.156. The van der Waals surface area contributed by atoms with Crippen molar-refractivity contribution in [2.75, 3.05) is 11.5 Å². The largest absolute Gasteiger partial charge is 0.399 e. The van der Waals surface area contributed by atoms with Crippen LogP contribution in [0.25, 0.3) is 12.2 Å². The third-order valence-corrected chi connectivity index (χ3v) is 4.96. The number of carbonyl (C=O) groups is 1. The molecule has 0 atom stereocenters. The van der Waals surface area contributed by atoms with E-state index in [1.165, 1.54) is 0 Å². The van der Waals surface area contributed by atoms with Crippen molar-refractivity contribution in [2.24, 2.45) is 11.8 Å². The second kappa shape index (κ2) is 8.26. The predicted octanol–water partition coefficient (Wildman–Crippen LogP) is 5.34. The van der Waals surface area contributed by atoms with Crippen molar-refractivity contribution in [2.45, 2.75) is 33.1 Å². The Morgan fingerprint density at radius 1 is 0.852 bits per heavy atom. The van der Waals surface area contributed by atoms with E-state index in [-0.39, 0.29) is 5.78 Å². The Balaban J connectivity index is 1.93. The molecular formula is C24H28N2O. The zero-order valence-corrected chi connectivity index (χ0v) is 16.1. The molecule has 0 spiro atoms. The van der Waals surface area contributed by atoms with E-state index in [1.807, 2.05) is 60.7 Å². The molecule has 27 heavy (non-hydrogen) atoms. The van der Waals surface area contributed by atoms with Crippen molar-refractivity contribution in [3.8, 4) is 0 Å². The Morgan fingerprint density at radius 3 is 1.63 bits per heavy atom. The number of anilines is 2. The van der Waals surface area contributed by atoms with Gasteiger partial charge in [-0.3, -0.25) is 4.79 Å². The van der Waals surface area contributed by atoms with E-state index in [0.29, 0.717) is 11.8 Å². The number of carbonyl (C=O) groups excluding carboxylic acids is 1. The molecule has 0 bridgehead atoms. The van der Waals surface area contributed by atoms with Crippen LogP contribution >= 0.6 is 0 Å².